The Labute approximate surface area is 187 Å². The molecule has 0 fully saturated rings. The second-order valence-corrected chi connectivity index (χ2v) is 8.03. The molecule has 0 radical (unpaired) electrons. The highest BCUT2D eigenvalue weighted by Gasteiger charge is 2.19. The molecule has 13 heteroatoms. The first-order valence-corrected chi connectivity index (χ1v) is 10.5. The maximum Gasteiger partial charge on any atom is 0.338 e. The van der Waals surface area contributed by atoms with Gasteiger partial charge < -0.3 is 19.5 Å². The largest absolute Gasteiger partial charge is 0.465 e. The lowest BCUT2D eigenvalue weighted by Crippen LogP contribution is -2.22. The Morgan fingerprint density at radius 3 is 1.97 bits per heavy atom. The molecule has 0 saturated heterocycles. The molecule has 11 nitrogen and oxygen atoms in total. The lowest BCUT2D eigenvalue weighted by molar-refractivity contribution is -0.119. The molecule has 0 spiro atoms. The Balaban J connectivity index is 2.14. The van der Waals surface area contributed by atoms with Crippen molar-refractivity contribution in [1.82, 2.24) is 0 Å². The maximum absolute atomic E-state index is 12.2. The van der Waals surface area contributed by atoms with Crippen LogP contribution in [-0.2, 0) is 29.0 Å². The number of methoxy groups -OCH3 is 2. The van der Waals surface area contributed by atoms with Gasteiger partial charge in [-0.1, -0.05) is 11.6 Å². The van der Waals surface area contributed by atoms with Gasteiger partial charge >= 0.3 is 17.9 Å². The van der Waals surface area contributed by atoms with Crippen LogP contribution in [0.25, 0.3) is 0 Å². The number of nitrogens with two attached hydrogens (primary N) is 1. The van der Waals surface area contributed by atoms with E-state index in [0.717, 1.165) is 26.4 Å². The Hall–Kier alpha value is -3.48. The van der Waals surface area contributed by atoms with E-state index in [1.54, 1.807) is 0 Å². The van der Waals surface area contributed by atoms with E-state index in [-0.39, 0.29) is 27.4 Å². The highest BCUT2D eigenvalue weighted by Crippen LogP contribution is 2.22. The van der Waals surface area contributed by atoms with Gasteiger partial charge in [0.1, 0.15) is 4.90 Å². The Morgan fingerprint density at radius 1 is 0.906 bits per heavy atom. The highest BCUT2D eigenvalue weighted by atomic mass is 35.5. The van der Waals surface area contributed by atoms with Crippen LogP contribution in [0, 0.1) is 0 Å². The lowest BCUT2D eigenvalue weighted by atomic mass is 10.1. The molecule has 2 rings (SSSR count). The Bertz CT molecular complexity index is 1160. The summed E-state index contributed by atoms with van der Waals surface area (Å²) in [6.45, 7) is -0.762. The second kappa shape index (κ2) is 10.2. The number of nitrogens with one attached hydrogen (secondary N) is 1. The number of ether oxygens (including phenoxy) is 3. The molecule has 170 valence electrons. The van der Waals surface area contributed by atoms with Crippen LogP contribution in [0.3, 0.4) is 0 Å². The minimum absolute atomic E-state index is 0.0283. The van der Waals surface area contributed by atoms with Crippen molar-refractivity contribution < 1.29 is 41.8 Å². The van der Waals surface area contributed by atoms with Gasteiger partial charge in [0, 0.05) is 5.69 Å². The Morgan fingerprint density at radius 2 is 1.47 bits per heavy atom. The molecule has 0 saturated carbocycles. The number of esters is 3. The van der Waals surface area contributed by atoms with Crippen molar-refractivity contribution in [2.24, 2.45) is 5.14 Å². The zero-order chi connectivity index (χ0) is 24.1. The van der Waals surface area contributed by atoms with Crippen LogP contribution >= 0.6 is 11.6 Å². The van der Waals surface area contributed by atoms with Gasteiger partial charge in [0.15, 0.2) is 6.61 Å². The number of benzene rings is 2. The van der Waals surface area contributed by atoms with E-state index in [1.807, 2.05) is 0 Å². The summed E-state index contributed by atoms with van der Waals surface area (Å²) in [6.07, 6.45) is 0. The van der Waals surface area contributed by atoms with Crippen molar-refractivity contribution in [3.8, 4) is 0 Å². The van der Waals surface area contributed by atoms with E-state index in [0.29, 0.717) is 0 Å². The van der Waals surface area contributed by atoms with Gasteiger partial charge in [0.05, 0.1) is 35.9 Å². The second-order valence-electron chi connectivity index (χ2n) is 6.10. The number of primary sulfonamides is 1. The van der Waals surface area contributed by atoms with Gasteiger partial charge in [0.25, 0.3) is 5.91 Å². The van der Waals surface area contributed by atoms with Gasteiger partial charge in [-0.3, -0.25) is 4.79 Å². The number of anilines is 1. The molecular formula is C19H17ClN2O9S. The number of sulfonamides is 1. The van der Waals surface area contributed by atoms with E-state index >= 15 is 0 Å². The molecule has 0 bridgehead atoms. The summed E-state index contributed by atoms with van der Waals surface area (Å²) >= 11 is 5.75. The highest BCUT2D eigenvalue weighted by molar-refractivity contribution is 7.89. The average molecular weight is 485 g/mol. The predicted molar refractivity (Wildman–Crippen MR) is 111 cm³/mol. The fraction of sp³-hybridized carbons (Fsp3) is 0.158. The third kappa shape index (κ3) is 6.26. The molecule has 0 unspecified atom stereocenters. The smallest absolute Gasteiger partial charge is 0.338 e. The SMILES string of the molecule is COC(=O)c1cc(NC(=O)COC(=O)c2ccc(Cl)c(S(N)(=O)=O)c2)cc(C(=O)OC)c1. The van der Waals surface area contributed by atoms with Crippen LogP contribution in [0.4, 0.5) is 5.69 Å². The fourth-order valence-corrected chi connectivity index (χ4v) is 3.50. The first kappa shape index (κ1) is 24.8. The van der Waals surface area contributed by atoms with Crippen molar-refractivity contribution in [2.75, 3.05) is 26.1 Å². The number of hydrogen-bond acceptors (Lipinski definition) is 9. The summed E-state index contributed by atoms with van der Waals surface area (Å²) in [7, 11) is -1.90. The summed E-state index contributed by atoms with van der Waals surface area (Å²) < 4.78 is 37.1. The number of rotatable bonds is 7. The van der Waals surface area contributed by atoms with Crippen molar-refractivity contribution in [1.29, 1.82) is 0 Å². The third-order valence-electron chi connectivity index (χ3n) is 3.87. The monoisotopic (exact) mass is 484 g/mol. The summed E-state index contributed by atoms with van der Waals surface area (Å²) in [4.78, 5) is 47.4. The number of halogens is 1. The van der Waals surface area contributed by atoms with Crippen molar-refractivity contribution in [3.63, 3.8) is 0 Å². The standard InChI is InChI=1S/C19H17ClN2O9S/c1-29-17(24)11-5-12(18(25)30-2)7-13(6-11)22-16(23)9-31-19(26)10-3-4-14(20)15(8-10)32(21,27)28/h3-8H,9H2,1-2H3,(H,22,23)(H2,21,27,28). The first-order valence-electron chi connectivity index (χ1n) is 8.57. The molecule has 0 aromatic heterocycles. The van der Waals surface area contributed by atoms with E-state index in [4.69, 9.17) is 21.5 Å². The maximum atomic E-state index is 12.2. The van der Waals surface area contributed by atoms with Crippen LogP contribution < -0.4 is 10.5 Å². The predicted octanol–water partition coefficient (Wildman–Crippen LogP) is 1.36. The van der Waals surface area contributed by atoms with Crippen molar-refractivity contribution >= 4 is 51.1 Å². The summed E-state index contributed by atoms with van der Waals surface area (Å²) in [6, 6.07) is 6.97. The van der Waals surface area contributed by atoms with E-state index in [2.05, 4.69) is 14.8 Å². The lowest BCUT2D eigenvalue weighted by Gasteiger charge is -2.10. The zero-order valence-electron chi connectivity index (χ0n) is 16.7. The minimum atomic E-state index is -4.18. The average Bonchev–Trinajstić information content (AvgIpc) is 2.75. The quantitative estimate of drug-likeness (QED) is 0.435. The van der Waals surface area contributed by atoms with Crippen LogP contribution in [0.5, 0.6) is 0 Å². The molecule has 0 aliphatic heterocycles. The Kier molecular flexibility index (Phi) is 7.92. The summed E-state index contributed by atoms with van der Waals surface area (Å²) in [5, 5.41) is 7.20. The zero-order valence-corrected chi connectivity index (χ0v) is 18.3. The van der Waals surface area contributed by atoms with Crippen LogP contribution in [0.2, 0.25) is 5.02 Å². The molecule has 0 heterocycles. The van der Waals surface area contributed by atoms with Gasteiger partial charge in [-0.25, -0.2) is 27.9 Å². The van der Waals surface area contributed by atoms with Gasteiger partial charge in [-0.15, -0.1) is 0 Å². The molecule has 32 heavy (non-hydrogen) atoms. The third-order valence-corrected chi connectivity index (χ3v) is 5.26. The number of hydrogen-bond donors (Lipinski definition) is 2. The van der Waals surface area contributed by atoms with E-state index in [9.17, 15) is 27.6 Å². The van der Waals surface area contributed by atoms with Crippen LogP contribution in [-0.4, -0.2) is 53.1 Å². The molecular weight excluding hydrogens is 468 g/mol. The number of carbonyl (C=O) groups is 4. The van der Waals surface area contributed by atoms with Crippen molar-refractivity contribution in [2.45, 2.75) is 4.90 Å². The molecule has 1 amide bonds. The van der Waals surface area contributed by atoms with Crippen molar-refractivity contribution in [3.05, 3.63) is 58.1 Å². The molecule has 0 aliphatic carbocycles. The van der Waals surface area contributed by atoms with E-state index in [1.165, 1.54) is 24.3 Å². The number of amides is 1. The van der Waals surface area contributed by atoms with Crippen LogP contribution in [0.15, 0.2) is 41.3 Å². The van der Waals surface area contributed by atoms with Crippen LogP contribution in [0.1, 0.15) is 31.1 Å². The molecule has 2 aromatic rings. The molecule has 3 N–H and O–H groups in total. The minimum Gasteiger partial charge on any atom is -0.465 e. The fourth-order valence-electron chi connectivity index (χ4n) is 2.43. The summed E-state index contributed by atoms with van der Waals surface area (Å²) in [5.74, 6) is -3.34. The van der Waals surface area contributed by atoms with Gasteiger partial charge in [-0.05, 0) is 36.4 Å². The topological polar surface area (TPSA) is 168 Å². The van der Waals surface area contributed by atoms with Gasteiger partial charge in [-0.2, -0.15) is 0 Å². The molecule has 0 atom stereocenters. The molecule has 2 aromatic carbocycles. The van der Waals surface area contributed by atoms with E-state index < -0.39 is 45.3 Å². The molecule has 0 aliphatic rings. The summed E-state index contributed by atoms with van der Waals surface area (Å²) in [5.41, 5.74) is -0.219. The normalized spacial score (nSPS) is 10.8. The first-order chi connectivity index (χ1) is 15.0. The van der Waals surface area contributed by atoms with Gasteiger partial charge in [0.2, 0.25) is 10.0 Å². The number of carbonyl (C=O) groups excluding carboxylic acids is 4.